The minimum Gasteiger partial charge on any atom is -0.468 e. The fraction of sp³-hybridized carbons (Fsp3) is 0.750. The molecule has 0 aliphatic heterocycles. The molecule has 0 spiro atoms. The van der Waals surface area contributed by atoms with Crippen LogP contribution < -0.4 is 5.32 Å². The van der Waals surface area contributed by atoms with E-state index in [9.17, 15) is 0 Å². The molecular weight excluding hydrogens is 236 g/mol. The van der Waals surface area contributed by atoms with Crippen LogP contribution in [0.25, 0.3) is 0 Å². The van der Waals surface area contributed by atoms with Crippen LogP contribution in [0.4, 0.5) is 0 Å². The zero-order valence-electron chi connectivity index (χ0n) is 12.0. The summed E-state index contributed by atoms with van der Waals surface area (Å²) in [5, 5.41) is 3.75. The van der Waals surface area contributed by atoms with Gasteiger partial charge in [-0.3, -0.25) is 4.90 Å². The average molecular weight is 262 g/mol. The first kappa shape index (κ1) is 13.2. The van der Waals surface area contributed by atoms with Gasteiger partial charge < -0.3 is 9.73 Å². The summed E-state index contributed by atoms with van der Waals surface area (Å²) in [7, 11) is 0. The van der Waals surface area contributed by atoms with Crippen LogP contribution >= 0.6 is 0 Å². The van der Waals surface area contributed by atoms with E-state index in [1.54, 1.807) is 6.26 Å². The van der Waals surface area contributed by atoms with E-state index in [0.29, 0.717) is 6.04 Å². The fourth-order valence-corrected chi connectivity index (χ4v) is 3.22. The smallest absolute Gasteiger partial charge is 0.117 e. The molecule has 1 unspecified atom stereocenters. The number of nitrogens with one attached hydrogen (secondary N) is 1. The second kappa shape index (κ2) is 6.10. The first-order valence-electron chi connectivity index (χ1n) is 7.84. The van der Waals surface area contributed by atoms with E-state index >= 15 is 0 Å². The molecule has 19 heavy (non-hydrogen) atoms. The van der Waals surface area contributed by atoms with E-state index in [2.05, 4.69) is 23.2 Å². The third-order valence-electron chi connectivity index (χ3n) is 4.56. The lowest BCUT2D eigenvalue weighted by atomic mass is 10.2. The SMILES string of the molecule is CC(CNC1CCCC1)N(Cc1ccco1)C1CC1. The number of hydrogen-bond donors (Lipinski definition) is 1. The Bertz CT molecular complexity index is 366. The molecule has 1 heterocycles. The molecule has 1 N–H and O–H groups in total. The maximum Gasteiger partial charge on any atom is 0.117 e. The zero-order valence-corrected chi connectivity index (χ0v) is 12.0. The van der Waals surface area contributed by atoms with E-state index in [0.717, 1.165) is 30.9 Å². The molecule has 3 rings (SSSR count). The van der Waals surface area contributed by atoms with Gasteiger partial charge in [0.2, 0.25) is 0 Å². The Labute approximate surface area is 116 Å². The molecular formula is C16H26N2O. The van der Waals surface area contributed by atoms with Crippen LogP contribution in [0, 0.1) is 0 Å². The molecule has 1 aromatic rings. The van der Waals surface area contributed by atoms with Gasteiger partial charge in [0.15, 0.2) is 0 Å². The number of furan rings is 1. The Morgan fingerprint density at radius 3 is 2.74 bits per heavy atom. The van der Waals surface area contributed by atoms with Crippen molar-refractivity contribution in [3.8, 4) is 0 Å². The van der Waals surface area contributed by atoms with Crippen molar-refractivity contribution in [2.45, 2.75) is 70.1 Å². The Morgan fingerprint density at radius 2 is 2.11 bits per heavy atom. The maximum atomic E-state index is 5.51. The summed E-state index contributed by atoms with van der Waals surface area (Å²) >= 11 is 0. The predicted octanol–water partition coefficient (Wildman–Crippen LogP) is 3.16. The van der Waals surface area contributed by atoms with E-state index in [-0.39, 0.29) is 0 Å². The van der Waals surface area contributed by atoms with Gasteiger partial charge in [-0.2, -0.15) is 0 Å². The van der Waals surface area contributed by atoms with Gasteiger partial charge in [-0.1, -0.05) is 12.8 Å². The van der Waals surface area contributed by atoms with Gasteiger partial charge in [0.1, 0.15) is 5.76 Å². The molecule has 2 fully saturated rings. The minimum atomic E-state index is 0.596. The van der Waals surface area contributed by atoms with Gasteiger partial charge in [0.25, 0.3) is 0 Å². The van der Waals surface area contributed by atoms with Gasteiger partial charge in [0.05, 0.1) is 12.8 Å². The molecule has 0 saturated heterocycles. The standard InChI is InChI=1S/C16H26N2O/c1-13(11-17-14-5-2-3-6-14)18(15-8-9-15)12-16-7-4-10-19-16/h4,7,10,13-15,17H,2-3,5-6,8-9,11-12H2,1H3. The van der Waals surface area contributed by atoms with Crippen molar-refractivity contribution in [1.29, 1.82) is 0 Å². The van der Waals surface area contributed by atoms with Crippen LogP contribution in [-0.4, -0.2) is 29.6 Å². The molecule has 1 atom stereocenters. The van der Waals surface area contributed by atoms with Crippen molar-refractivity contribution in [1.82, 2.24) is 10.2 Å². The summed E-state index contributed by atoms with van der Waals surface area (Å²) in [5.74, 6) is 1.10. The lowest BCUT2D eigenvalue weighted by Crippen LogP contribution is -2.43. The minimum absolute atomic E-state index is 0.596. The lowest BCUT2D eigenvalue weighted by molar-refractivity contribution is 0.168. The van der Waals surface area contributed by atoms with Crippen LogP contribution in [0.3, 0.4) is 0 Å². The molecule has 2 aliphatic rings. The topological polar surface area (TPSA) is 28.4 Å². The predicted molar refractivity (Wildman–Crippen MR) is 77.0 cm³/mol. The summed E-state index contributed by atoms with van der Waals surface area (Å²) in [6, 6.07) is 6.23. The number of hydrogen-bond acceptors (Lipinski definition) is 3. The Balaban J connectivity index is 1.50. The van der Waals surface area contributed by atoms with Crippen LogP contribution in [0.2, 0.25) is 0 Å². The van der Waals surface area contributed by atoms with Crippen LogP contribution in [0.1, 0.15) is 51.2 Å². The average Bonchev–Trinajstić information content (AvgIpc) is 2.94. The van der Waals surface area contributed by atoms with E-state index in [1.165, 1.54) is 38.5 Å². The highest BCUT2D eigenvalue weighted by molar-refractivity contribution is 5.00. The quantitative estimate of drug-likeness (QED) is 0.818. The van der Waals surface area contributed by atoms with E-state index in [1.807, 2.05) is 6.07 Å². The maximum absolute atomic E-state index is 5.51. The normalized spacial score (nSPS) is 22.2. The molecule has 0 amide bonds. The zero-order chi connectivity index (χ0) is 13.1. The van der Waals surface area contributed by atoms with Crippen LogP contribution in [0.5, 0.6) is 0 Å². The summed E-state index contributed by atoms with van der Waals surface area (Å²) in [4.78, 5) is 2.61. The number of nitrogens with zero attached hydrogens (tertiary/aromatic N) is 1. The first-order chi connectivity index (χ1) is 9.33. The molecule has 3 nitrogen and oxygen atoms in total. The first-order valence-corrected chi connectivity index (χ1v) is 7.84. The highest BCUT2D eigenvalue weighted by Crippen LogP contribution is 2.30. The summed E-state index contributed by atoms with van der Waals surface area (Å²) in [5.41, 5.74) is 0. The van der Waals surface area contributed by atoms with Gasteiger partial charge in [-0.15, -0.1) is 0 Å². The van der Waals surface area contributed by atoms with Crippen molar-refractivity contribution in [3.05, 3.63) is 24.2 Å². The van der Waals surface area contributed by atoms with Gasteiger partial charge in [-0.25, -0.2) is 0 Å². The van der Waals surface area contributed by atoms with E-state index in [4.69, 9.17) is 4.42 Å². The molecule has 0 bridgehead atoms. The summed E-state index contributed by atoms with van der Waals surface area (Å²) < 4.78 is 5.51. The number of rotatable bonds is 7. The fourth-order valence-electron chi connectivity index (χ4n) is 3.22. The third kappa shape index (κ3) is 3.61. The summed E-state index contributed by atoms with van der Waals surface area (Å²) in [6.45, 7) is 4.43. The largest absolute Gasteiger partial charge is 0.468 e. The van der Waals surface area contributed by atoms with Crippen molar-refractivity contribution in [2.75, 3.05) is 6.54 Å². The monoisotopic (exact) mass is 262 g/mol. The van der Waals surface area contributed by atoms with Gasteiger partial charge in [0, 0.05) is 24.7 Å². The molecule has 2 aliphatic carbocycles. The molecule has 106 valence electrons. The second-order valence-corrected chi connectivity index (χ2v) is 6.22. The van der Waals surface area contributed by atoms with Crippen molar-refractivity contribution in [2.24, 2.45) is 0 Å². The van der Waals surface area contributed by atoms with Gasteiger partial charge >= 0.3 is 0 Å². The van der Waals surface area contributed by atoms with Gasteiger partial charge in [-0.05, 0) is 44.7 Å². The van der Waals surface area contributed by atoms with Crippen LogP contribution in [0.15, 0.2) is 22.8 Å². The highest BCUT2D eigenvalue weighted by Gasteiger charge is 2.32. The van der Waals surface area contributed by atoms with E-state index < -0.39 is 0 Å². The Morgan fingerprint density at radius 1 is 1.32 bits per heavy atom. The van der Waals surface area contributed by atoms with Crippen LogP contribution in [-0.2, 0) is 6.54 Å². The second-order valence-electron chi connectivity index (χ2n) is 6.22. The lowest BCUT2D eigenvalue weighted by Gasteiger charge is -2.29. The van der Waals surface area contributed by atoms with Crippen molar-refractivity contribution in [3.63, 3.8) is 0 Å². The van der Waals surface area contributed by atoms with Crippen molar-refractivity contribution >= 4 is 0 Å². The Kier molecular flexibility index (Phi) is 4.24. The Hall–Kier alpha value is -0.800. The summed E-state index contributed by atoms with van der Waals surface area (Å²) in [6.07, 6.45) is 10.0. The molecule has 1 aromatic heterocycles. The van der Waals surface area contributed by atoms with Crippen molar-refractivity contribution < 1.29 is 4.42 Å². The highest BCUT2D eigenvalue weighted by atomic mass is 16.3. The molecule has 3 heteroatoms. The third-order valence-corrected chi connectivity index (χ3v) is 4.56. The molecule has 0 radical (unpaired) electrons. The molecule has 0 aromatic carbocycles. The molecule has 2 saturated carbocycles.